The highest BCUT2D eigenvalue weighted by molar-refractivity contribution is 5.26. The van der Waals surface area contributed by atoms with Crippen LogP contribution in [0.1, 0.15) is 33.3 Å². The van der Waals surface area contributed by atoms with Crippen LogP contribution in [-0.2, 0) is 0 Å². The van der Waals surface area contributed by atoms with Crippen LogP contribution >= 0.6 is 0 Å². The van der Waals surface area contributed by atoms with Gasteiger partial charge in [-0.25, -0.2) is 0 Å². The number of hydrogen-bond donors (Lipinski definition) is 0. The van der Waals surface area contributed by atoms with Gasteiger partial charge in [-0.3, -0.25) is 0 Å². The van der Waals surface area contributed by atoms with Crippen molar-refractivity contribution in [3.05, 3.63) is 29.8 Å². The molecule has 0 N–H and O–H groups in total. The van der Waals surface area contributed by atoms with E-state index in [0.29, 0.717) is 0 Å². The normalized spacial score (nSPS) is 12.4. The molecule has 0 aliphatic rings. The zero-order valence-corrected chi connectivity index (χ0v) is 10.7. The van der Waals surface area contributed by atoms with Crippen molar-refractivity contribution >= 4 is 0 Å². The van der Waals surface area contributed by atoms with E-state index in [-0.39, 0.29) is 6.04 Å². The molecule has 0 saturated carbocycles. The fourth-order valence-corrected chi connectivity index (χ4v) is 1.17. The molecule has 0 fully saturated rings. The molecule has 0 atom stereocenters. The number of rotatable bonds is 4. The van der Waals surface area contributed by atoms with Crippen LogP contribution in [0.15, 0.2) is 34.5 Å². The van der Waals surface area contributed by atoms with Crippen LogP contribution in [0.4, 0.5) is 0 Å². The average molecular weight is 220 g/mol. The first-order valence-electron chi connectivity index (χ1n) is 5.57. The van der Waals surface area contributed by atoms with Gasteiger partial charge in [0.25, 0.3) is 0 Å². The van der Waals surface area contributed by atoms with E-state index in [1.807, 2.05) is 58.9 Å². The van der Waals surface area contributed by atoms with Crippen LogP contribution < -0.4 is 4.74 Å². The highest BCUT2D eigenvalue weighted by Gasteiger charge is 2.18. The molecule has 88 valence electrons. The van der Waals surface area contributed by atoms with Gasteiger partial charge < -0.3 is 4.74 Å². The second-order valence-electron chi connectivity index (χ2n) is 4.67. The summed E-state index contributed by atoms with van der Waals surface area (Å²) in [4.78, 5) is 0. The smallest absolute Gasteiger partial charge is 0.213 e. The number of azo groups is 1. The van der Waals surface area contributed by atoms with Crippen molar-refractivity contribution < 1.29 is 4.74 Å². The van der Waals surface area contributed by atoms with Gasteiger partial charge in [-0.1, -0.05) is 17.7 Å². The van der Waals surface area contributed by atoms with Crippen molar-refractivity contribution in [3.8, 4) is 5.75 Å². The van der Waals surface area contributed by atoms with E-state index >= 15 is 0 Å². The Labute approximate surface area is 97.5 Å². The van der Waals surface area contributed by atoms with Gasteiger partial charge in [0.1, 0.15) is 5.75 Å². The number of ether oxygens (including phenoxy) is 1. The largest absolute Gasteiger partial charge is 0.465 e. The maximum atomic E-state index is 5.75. The van der Waals surface area contributed by atoms with Crippen LogP contribution in [0, 0.1) is 6.92 Å². The quantitative estimate of drug-likeness (QED) is 0.707. The summed E-state index contributed by atoms with van der Waals surface area (Å²) in [7, 11) is 0. The maximum Gasteiger partial charge on any atom is 0.213 e. The summed E-state index contributed by atoms with van der Waals surface area (Å²) >= 11 is 0. The lowest BCUT2D eigenvalue weighted by atomic mass is 10.2. The molecule has 1 aromatic rings. The Bertz CT molecular complexity index is 353. The molecule has 16 heavy (non-hydrogen) atoms. The number of benzene rings is 1. The van der Waals surface area contributed by atoms with Gasteiger partial charge in [0.15, 0.2) is 0 Å². The Balaban J connectivity index is 2.68. The minimum atomic E-state index is -0.612. The summed E-state index contributed by atoms with van der Waals surface area (Å²) < 4.78 is 5.75. The summed E-state index contributed by atoms with van der Waals surface area (Å²) in [6.45, 7) is 9.84. The fraction of sp³-hybridized carbons (Fsp3) is 0.538. The molecular weight excluding hydrogens is 200 g/mol. The summed E-state index contributed by atoms with van der Waals surface area (Å²) in [6, 6.07) is 8.13. The molecule has 0 unspecified atom stereocenters. The molecule has 0 spiro atoms. The Morgan fingerprint density at radius 3 is 2.19 bits per heavy atom. The molecule has 0 saturated heterocycles. The van der Waals surface area contributed by atoms with E-state index in [4.69, 9.17) is 4.74 Å². The minimum absolute atomic E-state index is 0.195. The number of aryl methyl sites for hydroxylation is 1. The first-order chi connectivity index (χ1) is 7.39. The first-order valence-corrected chi connectivity index (χ1v) is 5.57. The summed E-state index contributed by atoms with van der Waals surface area (Å²) in [6.07, 6.45) is 0. The predicted octanol–water partition coefficient (Wildman–Crippen LogP) is 3.97. The Morgan fingerprint density at radius 1 is 1.12 bits per heavy atom. The zero-order chi connectivity index (χ0) is 12.2. The van der Waals surface area contributed by atoms with Crippen molar-refractivity contribution in [1.82, 2.24) is 0 Å². The second-order valence-corrected chi connectivity index (χ2v) is 4.67. The summed E-state index contributed by atoms with van der Waals surface area (Å²) in [5.74, 6) is 0.818. The SMILES string of the molecule is Cc1ccc(OC(C)(C)N=NC(C)C)cc1. The Kier molecular flexibility index (Phi) is 4.05. The van der Waals surface area contributed by atoms with Crippen molar-refractivity contribution in [3.63, 3.8) is 0 Å². The predicted molar refractivity (Wildman–Crippen MR) is 65.9 cm³/mol. The third-order valence-electron chi connectivity index (χ3n) is 1.92. The van der Waals surface area contributed by atoms with Gasteiger partial charge >= 0.3 is 0 Å². The third-order valence-corrected chi connectivity index (χ3v) is 1.92. The molecule has 0 aromatic heterocycles. The van der Waals surface area contributed by atoms with Crippen LogP contribution in [0.25, 0.3) is 0 Å². The topological polar surface area (TPSA) is 34.0 Å². The molecule has 1 rings (SSSR count). The molecule has 0 aliphatic heterocycles. The van der Waals surface area contributed by atoms with Gasteiger partial charge in [0, 0.05) is 0 Å². The van der Waals surface area contributed by atoms with Gasteiger partial charge in [-0.15, -0.1) is 5.11 Å². The molecule has 0 heterocycles. The van der Waals surface area contributed by atoms with Gasteiger partial charge in [0.05, 0.1) is 6.04 Å². The van der Waals surface area contributed by atoms with Crippen LogP contribution in [-0.4, -0.2) is 11.8 Å². The average Bonchev–Trinajstić information content (AvgIpc) is 2.19. The highest BCUT2D eigenvalue weighted by atomic mass is 16.5. The molecule has 3 heteroatoms. The summed E-state index contributed by atoms with van der Waals surface area (Å²) in [5.41, 5.74) is 0.605. The van der Waals surface area contributed by atoms with Gasteiger partial charge in [-0.2, -0.15) is 5.11 Å². The molecule has 1 aromatic carbocycles. The lowest BCUT2D eigenvalue weighted by molar-refractivity contribution is 0.109. The second kappa shape index (κ2) is 5.10. The Hall–Kier alpha value is -1.38. The van der Waals surface area contributed by atoms with Crippen molar-refractivity contribution in [2.24, 2.45) is 10.2 Å². The van der Waals surface area contributed by atoms with Crippen molar-refractivity contribution in [2.45, 2.75) is 46.4 Å². The number of nitrogens with zero attached hydrogens (tertiary/aromatic N) is 2. The Morgan fingerprint density at radius 2 is 1.69 bits per heavy atom. The molecule has 0 aliphatic carbocycles. The third kappa shape index (κ3) is 4.43. The van der Waals surface area contributed by atoms with Crippen molar-refractivity contribution in [1.29, 1.82) is 0 Å². The standard InChI is InChI=1S/C13H20N2O/c1-10(2)14-15-13(4,5)16-12-8-6-11(3)7-9-12/h6-10H,1-5H3. The van der Waals surface area contributed by atoms with E-state index in [1.54, 1.807) is 0 Å². The van der Waals surface area contributed by atoms with E-state index in [1.165, 1.54) is 5.56 Å². The van der Waals surface area contributed by atoms with Crippen LogP contribution in [0.5, 0.6) is 5.75 Å². The molecule has 3 nitrogen and oxygen atoms in total. The van der Waals surface area contributed by atoms with E-state index in [9.17, 15) is 0 Å². The van der Waals surface area contributed by atoms with Gasteiger partial charge in [0.2, 0.25) is 5.72 Å². The van der Waals surface area contributed by atoms with E-state index < -0.39 is 5.72 Å². The first kappa shape index (κ1) is 12.7. The van der Waals surface area contributed by atoms with E-state index in [0.717, 1.165) is 5.75 Å². The summed E-state index contributed by atoms with van der Waals surface area (Å²) in [5, 5.41) is 8.29. The molecule has 0 amide bonds. The molecule has 0 radical (unpaired) electrons. The zero-order valence-electron chi connectivity index (χ0n) is 10.7. The highest BCUT2D eigenvalue weighted by Crippen LogP contribution is 2.20. The van der Waals surface area contributed by atoms with Crippen LogP contribution in [0.2, 0.25) is 0 Å². The molecule has 0 bridgehead atoms. The number of hydrogen-bond acceptors (Lipinski definition) is 3. The van der Waals surface area contributed by atoms with Crippen molar-refractivity contribution in [2.75, 3.05) is 0 Å². The molecular formula is C13H20N2O. The monoisotopic (exact) mass is 220 g/mol. The van der Waals surface area contributed by atoms with Gasteiger partial charge in [-0.05, 0) is 46.8 Å². The fourth-order valence-electron chi connectivity index (χ4n) is 1.17. The lowest BCUT2D eigenvalue weighted by Crippen LogP contribution is -2.25. The minimum Gasteiger partial charge on any atom is -0.465 e. The van der Waals surface area contributed by atoms with E-state index in [2.05, 4.69) is 10.2 Å². The maximum absolute atomic E-state index is 5.75. The van der Waals surface area contributed by atoms with Crippen LogP contribution in [0.3, 0.4) is 0 Å². The lowest BCUT2D eigenvalue weighted by Gasteiger charge is -2.21.